The van der Waals surface area contributed by atoms with Crippen molar-refractivity contribution in [1.29, 1.82) is 0 Å². The number of carbonyl (C=O) groups excluding carboxylic acids is 1. The molecule has 0 unspecified atom stereocenters. The van der Waals surface area contributed by atoms with Crippen molar-refractivity contribution in [2.24, 2.45) is 0 Å². The summed E-state index contributed by atoms with van der Waals surface area (Å²) < 4.78 is 0. The number of likely N-dealkylation sites (tertiary alicyclic amines) is 1. The Morgan fingerprint density at radius 1 is 0.795 bits per heavy atom. The van der Waals surface area contributed by atoms with Crippen molar-refractivity contribution in [3.8, 4) is 22.4 Å². The second-order valence-electron chi connectivity index (χ2n) is 10.5. The number of aromatic nitrogens is 1. The van der Waals surface area contributed by atoms with E-state index < -0.39 is 0 Å². The van der Waals surface area contributed by atoms with Gasteiger partial charge >= 0.3 is 6.03 Å². The summed E-state index contributed by atoms with van der Waals surface area (Å²) in [5.41, 5.74) is 9.71. The number of carbonyl (C=O) groups is 1. The largest absolute Gasteiger partial charge is 0.346 e. The molecule has 1 aromatic heterocycles. The molecule has 2 amide bonds. The highest BCUT2D eigenvalue weighted by Gasteiger charge is 2.24. The molecule has 0 spiro atoms. The summed E-state index contributed by atoms with van der Waals surface area (Å²) in [6.45, 7) is 3.07. The molecule has 0 bridgehead atoms. The molecule has 0 saturated carbocycles. The van der Waals surface area contributed by atoms with Crippen molar-refractivity contribution >= 4 is 28.3 Å². The molecule has 5 nitrogen and oxygen atoms in total. The number of anilines is 1. The van der Waals surface area contributed by atoms with Gasteiger partial charge in [-0.15, -0.1) is 0 Å². The van der Waals surface area contributed by atoms with Gasteiger partial charge in [0.05, 0.1) is 22.6 Å². The van der Waals surface area contributed by atoms with Crippen molar-refractivity contribution in [2.45, 2.75) is 25.3 Å². The Morgan fingerprint density at radius 2 is 1.56 bits per heavy atom. The minimum absolute atomic E-state index is 0.267. The zero-order valence-corrected chi connectivity index (χ0v) is 21.7. The Kier molecular flexibility index (Phi) is 6.06. The van der Waals surface area contributed by atoms with E-state index in [2.05, 4.69) is 100 Å². The minimum atomic E-state index is -0.267. The molecule has 4 aromatic carbocycles. The first-order chi connectivity index (χ1) is 19.2. The number of fused-ring (bicyclic) bond motifs is 2. The molecule has 191 valence electrons. The highest BCUT2D eigenvalue weighted by atomic mass is 16.2. The third-order valence-electron chi connectivity index (χ3n) is 7.99. The van der Waals surface area contributed by atoms with Crippen LogP contribution in [0.25, 0.3) is 33.3 Å². The van der Waals surface area contributed by atoms with Crippen molar-refractivity contribution in [3.63, 3.8) is 0 Å². The topological polar surface area (TPSA) is 59.3 Å². The van der Waals surface area contributed by atoms with Gasteiger partial charge < -0.3 is 5.32 Å². The van der Waals surface area contributed by atoms with Gasteiger partial charge in [-0.3, -0.25) is 4.90 Å². The molecular weight excluding hydrogens is 480 g/mol. The number of nitrogens with one attached hydrogen (secondary N) is 1. The smallest absolute Gasteiger partial charge is 0.304 e. The van der Waals surface area contributed by atoms with Crippen LogP contribution in [0.15, 0.2) is 103 Å². The van der Waals surface area contributed by atoms with Crippen LogP contribution in [0, 0.1) is 0 Å². The molecule has 1 radical (unpaired) electrons. The number of hydrogen-bond donors (Lipinski definition) is 1. The summed E-state index contributed by atoms with van der Waals surface area (Å²) in [7, 11) is 0. The van der Waals surface area contributed by atoms with Gasteiger partial charge in [-0.2, -0.15) is 5.32 Å². The molecule has 2 aliphatic rings. The fourth-order valence-electron chi connectivity index (χ4n) is 5.88. The third-order valence-corrected chi connectivity index (χ3v) is 7.99. The first-order valence-corrected chi connectivity index (χ1v) is 13.6. The quantitative estimate of drug-likeness (QED) is 0.264. The van der Waals surface area contributed by atoms with Crippen LogP contribution in [0.3, 0.4) is 0 Å². The number of benzene rings is 4. The van der Waals surface area contributed by atoms with Crippen molar-refractivity contribution in [2.75, 3.05) is 18.4 Å². The molecule has 7 rings (SSSR count). The summed E-state index contributed by atoms with van der Waals surface area (Å²) in [6, 6.07) is 36.0. The van der Waals surface area contributed by atoms with E-state index in [0.717, 1.165) is 71.6 Å². The molecule has 2 aliphatic heterocycles. The standard InChI is InChI=1S/C34H29N4O/c39-34-36-31-15-14-27(21-32(31)37-34)24-16-18-38(19-17-24)22-23-10-12-25(13-11-23)29-20-28-8-4-5-9-30(28)35-33(29)26-6-2-1-3-7-26/h1-15,20-21,24H,16-19,22H2,(H,36,39). The van der Waals surface area contributed by atoms with Crippen LogP contribution >= 0.6 is 0 Å². The van der Waals surface area contributed by atoms with Gasteiger partial charge in [0.15, 0.2) is 0 Å². The first-order valence-electron chi connectivity index (χ1n) is 13.6. The van der Waals surface area contributed by atoms with Gasteiger partial charge in [-0.25, -0.2) is 9.78 Å². The summed E-state index contributed by atoms with van der Waals surface area (Å²) in [6.07, 6.45) is 2.23. The van der Waals surface area contributed by atoms with E-state index >= 15 is 0 Å². The summed E-state index contributed by atoms with van der Waals surface area (Å²) >= 11 is 0. The molecule has 5 aromatic rings. The summed E-state index contributed by atoms with van der Waals surface area (Å²) in [5, 5.41) is 8.01. The number of piperidine rings is 1. The van der Waals surface area contributed by atoms with Crippen molar-refractivity contribution < 1.29 is 4.79 Å². The lowest BCUT2D eigenvalue weighted by molar-refractivity contribution is 0.204. The monoisotopic (exact) mass is 509 g/mol. The maximum absolute atomic E-state index is 11.6. The number of nitrogens with zero attached hydrogens (tertiary/aromatic N) is 3. The van der Waals surface area contributed by atoms with Gasteiger partial charge in [-0.1, -0.05) is 78.9 Å². The molecule has 39 heavy (non-hydrogen) atoms. The number of para-hydroxylation sites is 1. The summed E-state index contributed by atoms with van der Waals surface area (Å²) in [5.74, 6) is 0.511. The molecule has 0 atom stereocenters. The van der Waals surface area contributed by atoms with Crippen LogP contribution in [0.4, 0.5) is 16.2 Å². The van der Waals surface area contributed by atoms with Crippen molar-refractivity contribution in [3.05, 3.63) is 114 Å². The Bertz CT molecular complexity index is 1650. The Balaban J connectivity index is 1.06. The number of pyridine rings is 1. The van der Waals surface area contributed by atoms with Crippen LogP contribution < -0.4 is 10.6 Å². The normalized spacial score (nSPS) is 15.6. The van der Waals surface area contributed by atoms with Crippen LogP contribution in [0.5, 0.6) is 0 Å². The fourth-order valence-corrected chi connectivity index (χ4v) is 5.88. The van der Waals surface area contributed by atoms with Gasteiger partial charge in [0.2, 0.25) is 0 Å². The molecule has 1 N–H and O–H groups in total. The molecule has 1 saturated heterocycles. The Labute approximate surface area is 228 Å². The maximum atomic E-state index is 11.6. The van der Waals surface area contributed by atoms with Gasteiger partial charge in [-0.05, 0) is 72.8 Å². The van der Waals surface area contributed by atoms with Crippen LogP contribution in [0.1, 0.15) is 29.9 Å². The average molecular weight is 510 g/mol. The predicted octanol–water partition coefficient (Wildman–Crippen LogP) is 7.73. The van der Waals surface area contributed by atoms with E-state index in [4.69, 9.17) is 4.98 Å². The number of urea groups is 1. The first kappa shape index (κ1) is 23.6. The fraction of sp³-hybridized carbons (Fsp3) is 0.176. The zero-order valence-electron chi connectivity index (χ0n) is 21.7. The van der Waals surface area contributed by atoms with E-state index in [-0.39, 0.29) is 6.03 Å². The zero-order chi connectivity index (χ0) is 26.2. The van der Waals surface area contributed by atoms with Crippen molar-refractivity contribution in [1.82, 2.24) is 15.2 Å². The molecular formula is C34H29N4O. The lowest BCUT2D eigenvalue weighted by Gasteiger charge is -2.32. The second kappa shape index (κ2) is 10.0. The molecule has 1 fully saturated rings. The van der Waals surface area contributed by atoms with Gasteiger partial charge in [0, 0.05) is 23.1 Å². The van der Waals surface area contributed by atoms with E-state index in [0.29, 0.717) is 5.92 Å². The number of rotatable bonds is 5. The Morgan fingerprint density at radius 3 is 2.38 bits per heavy atom. The van der Waals surface area contributed by atoms with Crippen LogP contribution in [-0.4, -0.2) is 29.0 Å². The van der Waals surface area contributed by atoms with Crippen LogP contribution in [-0.2, 0) is 6.54 Å². The maximum Gasteiger partial charge on any atom is 0.346 e. The second-order valence-corrected chi connectivity index (χ2v) is 10.5. The number of hydrogen-bond acceptors (Lipinski definition) is 3. The Hall–Kier alpha value is -4.48. The highest BCUT2D eigenvalue weighted by molar-refractivity contribution is 6.02. The minimum Gasteiger partial charge on any atom is -0.304 e. The SMILES string of the molecule is O=C1[N]c2cc(C3CCN(Cc4ccc(-c5cc6ccccc6nc5-c5ccccc5)cc4)CC3)ccc2N1. The van der Waals surface area contributed by atoms with Gasteiger partial charge in [0.25, 0.3) is 0 Å². The van der Waals surface area contributed by atoms with E-state index in [1.165, 1.54) is 16.7 Å². The van der Waals surface area contributed by atoms with Gasteiger partial charge in [0.1, 0.15) is 0 Å². The third kappa shape index (κ3) is 4.77. The van der Waals surface area contributed by atoms with E-state index in [1.807, 2.05) is 18.2 Å². The lowest BCUT2D eigenvalue weighted by Crippen LogP contribution is -2.32. The highest BCUT2D eigenvalue weighted by Crippen LogP contribution is 2.36. The number of amides is 2. The van der Waals surface area contributed by atoms with E-state index in [9.17, 15) is 4.79 Å². The lowest BCUT2D eigenvalue weighted by atomic mass is 9.89. The average Bonchev–Trinajstić information content (AvgIpc) is 3.37. The summed E-state index contributed by atoms with van der Waals surface area (Å²) in [4.78, 5) is 19.2. The predicted molar refractivity (Wildman–Crippen MR) is 157 cm³/mol. The van der Waals surface area contributed by atoms with Crippen LogP contribution in [0.2, 0.25) is 0 Å². The molecule has 5 heteroatoms. The van der Waals surface area contributed by atoms with E-state index in [1.54, 1.807) is 0 Å². The molecule has 0 aliphatic carbocycles. The molecule has 3 heterocycles.